The third-order valence-corrected chi connectivity index (χ3v) is 8.47. The highest BCUT2D eigenvalue weighted by atomic mass is 32.2. The standard InChI is InChI=1S/C28H33N6O4S/c1-19(33-39(37,38)24-11-10-21-6-2-3-7-22(21)16-24)26(35)25-9-5-4-8-23(25)18-32-28(36)31-17-20-12-14-34(15-13-20)27(29)30/h2-11,16,19-20,33H,12-15,17-18H2,1H3,(H3,29,30)(H,31,36). The number of carbonyl (C=O) groups is 2. The maximum Gasteiger partial charge on any atom is 0.336 e. The van der Waals surface area contributed by atoms with Crippen molar-refractivity contribution < 1.29 is 18.0 Å². The van der Waals surface area contributed by atoms with Crippen LogP contribution in [0.25, 0.3) is 10.8 Å². The van der Waals surface area contributed by atoms with E-state index in [0.29, 0.717) is 30.8 Å². The number of ketones is 1. The summed E-state index contributed by atoms with van der Waals surface area (Å²) in [6.07, 6.45) is 1.65. The summed E-state index contributed by atoms with van der Waals surface area (Å²) in [6, 6.07) is 17.5. The van der Waals surface area contributed by atoms with Crippen LogP contribution in [0.3, 0.4) is 0 Å². The molecule has 0 spiro atoms. The van der Waals surface area contributed by atoms with Crippen molar-refractivity contribution in [1.29, 1.82) is 5.41 Å². The van der Waals surface area contributed by atoms with E-state index >= 15 is 0 Å². The van der Waals surface area contributed by atoms with E-state index in [2.05, 4.69) is 15.4 Å². The van der Waals surface area contributed by atoms with Crippen LogP contribution < -0.4 is 21.1 Å². The molecule has 0 aromatic heterocycles. The molecule has 0 saturated carbocycles. The van der Waals surface area contributed by atoms with Crippen molar-refractivity contribution >= 4 is 38.6 Å². The van der Waals surface area contributed by atoms with E-state index in [4.69, 9.17) is 11.1 Å². The van der Waals surface area contributed by atoms with Gasteiger partial charge in [0.25, 0.3) is 0 Å². The lowest BCUT2D eigenvalue weighted by atomic mass is 9.97. The molecule has 39 heavy (non-hydrogen) atoms. The number of nitrogens with zero attached hydrogens (tertiary/aromatic N) is 2. The fourth-order valence-corrected chi connectivity index (χ4v) is 5.88. The fourth-order valence-electron chi connectivity index (χ4n) is 4.64. The Bertz CT molecular complexity index is 1470. The maximum absolute atomic E-state index is 13.2. The number of amides is 2. The molecule has 1 aliphatic heterocycles. The number of nitrogens with one attached hydrogen (secondary N) is 3. The number of benzene rings is 3. The third-order valence-electron chi connectivity index (χ3n) is 6.93. The Morgan fingerprint density at radius 3 is 2.44 bits per heavy atom. The second kappa shape index (κ2) is 12.3. The summed E-state index contributed by atoms with van der Waals surface area (Å²) in [7, 11) is -3.95. The Morgan fingerprint density at radius 2 is 1.72 bits per heavy atom. The summed E-state index contributed by atoms with van der Waals surface area (Å²) >= 11 is 0. The molecule has 0 bridgehead atoms. The Balaban J connectivity index is 1.33. The Hall–Kier alpha value is -3.96. The van der Waals surface area contributed by atoms with Crippen LogP contribution in [0.4, 0.5) is 4.79 Å². The van der Waals surface area contributed by atoms with Crippen LogP contribution in [0.15, 0.2) is 71.6 Å². The molecule has 10 nitrogen and oxygen atoms in total. The zero-order valence-corrected chi connectivity index (χ0v) is 22.6. The van der Waals surface area contributed by atoms with Crippen LogP contribution in [0.5, 0.6) is 0 Å². The van der Waals surface area contributed by atoms with Gasteiger partial charge in [-0.15, -0.1) is 0 Å². The van der Waals surface area contributed by atoms with Gasteiger partial charge in [-0.1, -0.05) is 54.6 Å². The average Bonchev–Trinajstić information content (AvgIpc) is 2.94. The van der Waals surface area contributed by atoms with Gasteiger partial charge in [-0.25, -0.2) is 23.3 Å². The predicted molar refractivity (Wildman–Crippen MR) is 150 cm³/mol. The third kappa shape index (κ3) is 7.12. The van der Waals surface area contributed by atoms with Gasteiger partial charge in [-0.2, -0.15) is 0 Å². The minimum atomic E-state index is -3.95. The normalized spacial score (nSPS) is 15.1. The van der Waals surface area contributed by atoms with E-state index in [-0.39, 0.29) is 23.3 Å². The number of guanidine groups is 1. The molecule has 3 aromatic rings. The molecule has 1 aliphatic rings. The summed E-state index contributed by atoms with van der Waals surface area (Å²) < 4.78 is 28.5. The molecule has 1 atom stereocenters. The smallest absolute Gasteiger partial charge is 0.336 e. The van der Waals surface area contributed by atoms with Crippen molar-refractivity contribution in [3.8, 4) is 0 Å². The lowest BCUT2D eigenvalue weighted by molar-refractivity contribution is 0.0959. The highest BCUT2D eigenvalue weighted by Gasteiger charge is 2.25. The summed E-state index contributed by atoms with van der Waals surface area (Å²) in [5.41, 5.74) is 6.36. The van der Waals surface area contributed by atoms with E-state index in [9.17, 15) is 18.0 Å². The van der Waals surface area contributed by atoms with Crippen molar-refractivity contribution in [3.63, 3.8) is 0 Å². The van der Waals surface area contributed by atoms with Crippen molar-refractivity contribution in [2.24, 2.45) is 11.7 Å². The summed E-state index contributed by atoms with van der Waals surface area (Å²) in [6.45, 7) is 3.33. The summed E-state index contributed by atoms with van der Waals surface area (Å²) in [5, 5.41) is 16.1. The van der Waals surface area contributed by atoms with Gasteiger partial charge < -0.3 is 16.0 Å². The molecule has 5 N–H and O–H groups in total. The first-order chi connectivity index (χ1) is 18.6. The highest BCUT2D eigenvalue weighted by Crippen LogP contribution is 2.20. The number of piperidine rings is 1. The van der Waals surface area contributed by atoms with Gasteiger partial charge in [0.15, 0.2) is 11.7 Å². The number of likely N-dealkylation sites (tertiary alicyclic amines) is 1. The number of hydrogen-bond donors (Lipinski definition) is 4. The molecule has 1 unspecified atom stereocenters. The Labute approximate surface area is 228 Å². The molecular formula is C28H33N6O4S. The van der Waals surface area contributed by atoms with Crippen LogP contribution >= 0.6 is 0 Å². The molecule has 1 radical (unpaired) electrons. The first-order valence-corrected chi connectivity index (χ1v) is 14.3. The van der Waals surface area contributed by atoms with E-state index in [1.807, 2.05) is 24.3 Å². The number of sulfonamides is 1. The van der Waals surface area contributed by atoms with E-state index in [0.717, 1.165) is 23.6 Å². The summed E-state index contributed by atoms with van der Waals surface area (Å²) in [4.78, 5) is 27.5. The number of urea groups is 1. The molecule has 1 fully saturated rings. The van der Waals surface area contributed by atoms with E-state index < -0.39 is 27.9 Å². The Morgan fingerprint density at radius 1 is 1.05 bits per heavy atom. The van der Waals surface area contributed by atoms with Crippen molar-refractivity contribution in [2.45, 2.75) is 37.2 Å². The number of carbonyl (C=O) groups excluding carboxylic acids is 2. The van der Waals surface area contributed by atoms with Gasteiger partial charge in [-0.05, 0) is 54.2 Å². The maximum atomic E-state index is 13.2. The quantitative estimate of drug-likeness (QED) is 0.182. The first-order valence-electron chi connectivity index (χ1n) is 12.8. The second-order valence-electron chi connectivity index (χ2n) is 9.69. The molecule has 205 valence electrons. The van der Waals surface area contributed by atoms with Crippen LogP contribution in [0, 0.1) is 11.3 Å². The number of rotatable bonds is 9. The first kappa shape index (κ1) is 28.1. The topological polar surface area (TPSA) is 160 Å². The second-order valence-corrected chi connectivity index (χ2v) is 11.4. The number of fused-ring (bicyclic) bond motifs is 1. The van der Waals surface area contributed by atoms with Crippen molar-refractivity contribution in [1.82, 2.24) is 20.3 Å². The van der Waals surface area contributed by atoms with Crippen molar-refractivity contribution in [3.05, 3.63) is 77.9 Å². The van der Waals surface area contributed by atoms with Crippen LogP contribution in [0.1, 0.15) is 35.7 Å². The van der Waals surface area contributed by atoms with Crippen LogP contribution in [0.2, 0.25) is 0 Å². The number of Topliss-reactive ketones (excluding diaryl/α,β-unsaturated/α-hetero) is 1. The molecule has 1 heterocycles. The van der Waals surface area contributed by atoms with Gasteiger partial charge in [-0.3, -0.25) is 10.2 Å². The number of hydrogen-bond acceptors (Lipinski definition) is 5. The number of nitrogens with two attached hydrogens (primary N) is 1. The lowest BCUT2D eigenvalue weighted by Gasteiger charge is -2.32. The van der Waals surface area contributed by atoms with Gasteiger partial charge in [0.2, 0.25) is 10.0 Å². The molecule has 11 heteroatoms. The van der Waals surface area contributed by atoms with Crippen LogP contribution in [-0.2, 0) is 16.6 Å². The summed E-state index contributed by atoms with van der Waals surface area (Å²) in [5.74, 6) is -0.0654. The zero-order valence-electron chi connectivity index (χ0n) is 21.8. The zero-order chi connectivity index (χ0) is 28.0. The minimum Gasteiger partial charge on any atom is -0.370 e. The molecular weight excluding hydrogens is 516 g/mol. The highest BCUT2D eigenvalue weighted by molar-refractivity contribution is 7.89. The Kier molecular flexibility index (Phi) is 8.82. The molecule has 3 aromatic carbocycles. The minimum absolute atomic E-state index is 0.0132. The fraction of sp³-hybridized carbons (Fsp3) is 0.321. The van der Waals surface area contributed by atoms with Gasteiger partial charge in [0.1, 0.15) is 0 Å². The van der Waals surface area contributed by atoms with E-state index in [1.165, 1.54) is 13.0 Å². The van der Waals surface area contributed by atoms with Gasteiger partial charge >= 0.3 is 6.03 Å². The van der Waals surface area contributed by atoms with Crippen molar-refractivity contribution in [2.75, 3.05) is 19.6 Å². The van der Waals surface area contributed by atoms with Crippen LogP contribution in [-0.4, -0.2) is 56.8 Å². The van der Waals surface area contributed by atoms with E-state index in [1.54, 1.807) is 41.3 Å². The monoisotopic (exact) mass is 549 g/mol. The van der Waals surface area contributed by atoms with Gasteiger partial charge in [0, 0.05) is 25.2 Å². The average molecular weight is 550 g/mol. The van der Waals surface area contributed by atoms with Gasteiger partial charge in [0.05, 0.1) is 17.5 Å². The largest absolute Gasteiger partial charge is 0.370 e. The molecule has 2 amide bonds. The molecule has 0 aliphatic carbocycles. The molecule has 4 rings (SSSR count). The lowest BCUT2D eigenvalue weighted by Crippen LogP contribution is -2.44. The SMILES string of the molecule is CC(NS(=O)(=O)c1ccc2ccccc2c1)C(=O)c1ccccc1C[N]C(=O)NCC1CCN(C(=N)N)CC1. The molecule has 1 saturated heterocycles. The predicted octanol–water partition coefficient (Wildman–Crippen LogP) is 2.81.